The lowest BCUT2D eigenvalue weighted by molar-refractivity contribution is 0.490. The number of nitrogens with zero attached hydrogens (tertiary/aromatic N) is 4. The summed E-state index contributed by atoms with van der Waals surface area (Å²) in [6.45, 7) is 5.68. The van der Waals surface area contributed by atoms with Crippen LogP contribution in [0.1, 0.15) is 38.3 Å². The molecule has 2 rings (SSSR count). The van der Waals surface area contributed by atoms with Crippen molar-refractivity contribution in [1.82, 2.24) is 9.78 Å². The average molecular weight is 248 g/mol. The summed E-state index contributed by atoms with van der Waals surface area (Å²) in [5, 5.41) is 13.7. The first-order valence-corrected chi connectivity index (χ1v) is 6.33. The van der Waals surface area contributed by atoms with E-state index >= 15 is 0 Å². The van der Waals surface area contributed by atoms with Crippen LogP contribution in [0.2, 0.25) is 0 Å². The van der Waals surface area contributed by atoms with Crippen molar-refractivity contribution in [3.8, 4) is 6.07 Å². The van der Waals surface area contributed by atoms with Crippen LogP contribution in [-0.4, -0.2) is 28.9 Å². The Morgan fingerprint density at radius 1 is 1.39 bits per heavy atom. The zero-order chi connectivity index (χ0) is 13.3. The van der Waals surface area contributed by atoms with Crippen molar-refractivity contribution in [2.24, 2.45) is 5.73 Å². The largest absolute Gasteiger partial charge is 0.383 e. The van der Waals surface area contributed by atoms with Crippen LogP contribution >= 0.6 is 0 Å². The summed E-state index contributed by atoms with van der Waals surface area (Å²) in [5.74, 6) is 1.16. The van der Waals surface area contributed by atoms with Crippen molar-refractivity contribution in [3.63, 3.8) is 0 Å². The second kappa shape index (κ2) is 4.86. The number of hydrogen-bond acceptors (Lipinski definition) is 5. The lowest BCUT2D eigenvalue weighted by atomic mass is 10.1. The highest BCUT2D eigenvalue weighted by Gasteiger charge is 2.24. The van der Waals surface area contributed by atoms with E-state index in [0.29, 0.717) is 17.2 Å². The smallest absolute Gasteiger partial charge is 0.170 e. The Morgan fingerprint density at radius 2 is 2.00 bits per heavy atom. The van der Waals surface area contributed by atoms with Gasteiger partial charge in [0.05, 0.1) is 0 Å². The molecule has 0 aromatic carbocycles. The number of piperidine rings is 1. The maximum Gasteiger partial charge on any atom is 0.170 e. The maximum absolute atomic E-state index is 9.24. The van der Waals surface area contributed by atoms with Crippen LogP contribution in [0.3, 0.4) is 0 Å². The van der Waals surface area contributed by atoms with Gasteiger partial charge in [0.15, 0.2) is 5.82 Å². The van der Waals surface area contributed by atoms with Gasteiger partial charge in [-0.2, -0.15) is 10.4 Å². The van der Waals surface area contributed by atoms with Gasteiger partial charge in [0.1, 0.15) is 17.5 Å². The summed E-state index contributed by atoms with van der Waals surface area (Å²) in [6, 6.07) is 2.58. The van der Waals surface area contributed by atoms with Crippen molar-refractivity contribution in [2.75, 3.05) is 23.7 Å². The Hall–Kier alpha value is -1.74. The van der Waals surface area contributed by atoms with Crippen molar-refractivity contribution in [1.29, 1.82) is 5.26 Å². The van der Waals surface area contributed by atoms with Gasteiger partial charge in [-0.15, -0.1) is 0 Å². The Labute approximate surface area is 107 Å². The van der Waals surface area contributed by atoms with Crippen molar-refractivity contribution < 1.29 is 0 Å². The molecule has 0 atom stereocenters. The molecule has 18 heavy (non-hydrogen) atoms. The number of nitrogens with two attached hydrogens (primary N) is 2. The van der Waals surface area contributed by atoms with E-state index in [0.717, 1.165) is 25.9 Å². The molecule has 0 amide bonds. The van der Waals surface area contributed by atoms with Crippen LogP contribution in [0.15, 0.2) is 0 Å². The van der Waals surface area contributed by atoms with E-state index in [4.69, 9.17) is 11.5 Å². The van der Waals surface area contributed by atoms with Crippen LogP contribution in [0.5, 0.6) is 0 Å². The predicted molar refractivity (Wildman–Crippen MR) is 71.2 cm³/mol. The van der Waals surface area contributed by atoms with E-state index in [1.807, 2.05) is 13.8 Å². The number of hydrogen-bond donors (Lipinski definition) is 2. The zero-order valence-corrected chi connectivity index (χ0v) is 10.9. The number of nitriles is 1. The summed E-state index contributed by atoms with van der Waals surface area (Å²) >= 11 is 0. The lowest BCUT2D eigenvalue weighted by Crippen LogP contribution is -2.40. The van der Waals surface area contributed by atoms with E-state index < -0.39 is 0 Å². The van der Waals surface area contributed by atoms with E-state index in [-0.39, 0.29) is 12.1 Å². The van der Waals surface area contributed by atoms with Crippen LogP contribution in [0.4, 0.5) is 11.6 Å². The van der Waals surface area contributed by atoms with Crippen molar-refractivity contribution >= 4 is 11.6 Å². The predicted octanol–water partition coefficient (Wildman–Crippen LogP) is 0.845. The number of rotatable bonds is 2. The second-order valence-electron chi connectivity index (χ2n) is 5.06. The summed E-state index contributed by atoms with van der Waals surface area (Å²) in [4.78, 5) is 2.11. The van der Waals surface area contributed by atoms with E-state index in [2.05, 4.69) is 16.1 Å². The first-order chi connectivity index (χ1) is 8.54. The summed E-state index contributed by atoms with van der Waals surface area (Å²) in [7, 11) is 0. The second-order valence-corrected chi connectivity index (χ2v) is 5.06. The molecule has 98 valence electrons. The molecule has 1 aliphatic heterocycles. The number of nitrogen functional groups attached to an aromatic ring is 1. The fraction of sp³-hybridized carbons (Fsp3) is 0.667. The molecule has 1 aromatic heterocycles. The molecule has 1 aliphatic rings. The van der Waals surface area contributed by atoms with Crippen LogP contribution in [-0.2, 0) is 0 Å². The highest BCUT2D eigenvalue weighted by molar-refractivity contribution is 5.65. The summed E-state index contributed by atoms with van der Waals surface area (Å²) in [5.41, 5.74) is 12.3. The minimum Gasteiger partial charge on any atom is -0.383 e. The van der Waals surface area contributed by atoms with E-state index in [9.17, 15) is 5.26 Å². The average Bonchev–Trinajstić information content (AvgIpc) is 2.67. The molecule has 4 N–H and O–H groups in total. The van der Waals surface area contributed by atoms with Gasteiger partial charge in [0.2, 0.25) is 0 Å². The molecule has 0 aliphatic carbocycles. The van der Waals surface area contributed by atoms with Gasteiger partial charge < -0.3 is 16.4 Å². The minimum absolute atomic E-state index is 0.151. The molecular weight excluding hydrogens is 228 g/mol. The quantitative estimate of drug-likeness (QED) is 0.808. The van der Waals surface area contributed by atoms with Crippen LogP contribution < -0.4 is 16.4 Å². The topological polar surface area (TPSA) is 96.9 Å². The molecule has 6 nitrogen and oxygen atoms in total. The monoisotopic (exact) mass is 248 g/mol. The summed E-state index contributed by atoms with van der Waals surface area (Å²) in [6.07, 6.45) is 1.86. The lowest BCUT2D eigenvalue weighted by Gasteiger charge is -2.30. The third-order valence-corrected chi connectivity index (χ3v) is 3.37. The molecule has 1 fully saturated rings. The minimum atomic E-state index is 0.151. The fourth-order valence-electron chi connectivity index (χ4n) is 2.27. The number of anilines is 2. The Morgan fingerprint density at radius 3 is 2.50 bits per heavy atom. The van der Waals surface area contributed by atoms with Crippen LogP contribution in [0.25, 0.3) is 0 Å². The van der Waals surface area contributed by atoms with Gasteiger partial charge in [-0.1, -0.05) is 0 Å². The highest BCUT2D eigenvalue weighted by atomic mass is 15.4. The third-order valence-electron chi connectivity index (χ3n) is 3.37. The van der Waals surface area contributed by atoms with Crippen molar-refractivity contribution in [3.05, 3.63) is 5.56 Å². The fourth-order valence-corrected chi connectivity index (χ4v) is 2.27. The van der Waals surface area contributed by atoms with E-state index in [1.165, 1.54) is 0 Å². The molecule has 0 unspecified atom stereocenters. The molecule has 2 heterocycles. The Balaban J connectivity index is 2.33. The maximum atomic E-state index is 9.24. The van der Waals surface area contributed by atoms with Crippen LogP contribution in [0, 0.1) is 11.3 Å². The van der Waals surface area contributed by atoms with Crippen molar-refractivity contribution in [2.45, 2.75) is 38.8 Å². The van der Waals surface area contributed by atoms with Gasteiger partial charge >= 0.3 is 0 Å². The Kier molecular flexibility index (Phi) is 3.43. The number of aromatic nitrogens is 2. The summed E-state index contributed by atoms with van der Waals surface area (Å²) < 4.78 is 1.71. The van der Waals surface area contributed by atoms with Gasteiger partial charge in [-0.05, 0) is 26.7 Å². The standard InChI is InChI=1S/C12H20N6/c1-8(2)18-11(15)10(7-13)12(16-18)17-5-3-9(14)4-6-17/h8-9H,3-6,14-15H2,1-2H3. The molecule has 6 heteroatoms. The molecule has 1 aromatic rings. The van der Waals surface area contributed by atoms with Gasteiger partial charge in [-0.25, -0.2) is 4.68 Å². The first kappa shape index (κ1) is 12.7. The molecule has 0 spiro atoms. The normalized spacial score (nSPS) is 17.2. The van der Waals surface area contributed by atoms with Gasteiger partial charge in [0.25, 0.3) is 0 Å². The molecular formula is C12H20N6. The zero-order valence-electron chi connectivity index (χ0n) is 10.9. The molecule has 0 saturated carbocycles. The molecule has 0 bridgehead atoms. The van der Waals surface area contributed by atoms with Gasteiger partial charge in [-0.3, -0.25) is 0 Å². The molecule has 0 radical (unpaired) electrons. The SMILES string of the molecule is CC(C)n1nc(N2CCC(N)CC2)c(C#N)c1N. The van der Waals surface area contributed by atoms with E-state index in [1.54, 1.807) is 4.68 Å². The third kappa shape index (κ3) is 2.14. The molecule has 1 saturated heterocycles. The van der Waals surface area contributed by atoms with Gasteiger partial charge in [0, 0.05) is 25.2 Å². The Bertz CT molecular complexity index is 462. The highest BCUT2D eigenvalue weighted by Crippen LogP contribution is 2.28. The first-order valence-electron chi connectivity index (χ1n) is 6.33.